The Balaban J connectivity index is 1.52. The number of fused-ring (bicyclic) bond motifs is 3. The maximum absolute atomic E-state index is 13.7. The summed E-state index contributed by atoms with van der Waals surface area (Å²) in [6.07, 6.45) is 17.6. The second-order valence-electron chi connectivity index (χ2n) is 10.3. The fourth-order valence-corrected chi connectivity index (χ4v) is 5.38. The fraction of sp³-hybridized carbons (Fsp3) is 0.485. The summed E-state index contributed by atoms with van der Waals surface area (Å²) in [5.74, 6) is 1.74. The number of hydrogen-bond donors (Lipinski definition) is 0. The van der Waals surface area contributed by atoms with Crippen LogP contribution in [0, 0.1) is 5.92 Å². The topological polar surface area (TPSA) is 68.4 Å². The standard InChI is InChI=1S/C33H44N4O3/c1-4-34-17-8-6-12-26-15-16-32-31(22-26)35-18-11-20-36(19-9-7-13-28-14-10-21-37(28)32)33(38)27-23-29(39-3)25-30(24-27)40-5-2/h6,10,12,14,16-17,21,23-26H,4-5,7-9,11,13,15,18-20,22H2,1-3H3/b12-6+,34-17?,35-31?. The first-order valence-electron chi connectivity index (χ1n) is 14.8. The molecule has 0 bridgehead atoms. The molecule has 214 valence electrons. The molecule has 0 radical (unpaired) electrons. The second-order valence-corrected chi connectivity index (χ2v) is 10.3. The Morgan fingerprint density at radius 3 is 2.83 bits per heavy atom. The Morgan fingerprint density at radius 2 is 2.00 bits per heavy atom. The van der Waals surface area contributed by atoms with Crippen molar-refractivity contribution in [3.8, 4) is 11.5 Å². The SMILES string of the molecule is CCN=CC/C=C/C1CC=C2C(=NCCCN(C(=O)c3cc(OC)cc(OCC)c3)CCCCc3cccn32)C1. The predicted molar refractivity (Wildman–Crippen MR) is 164 cm³/mol. The molecule has 1 atom stereocenters. The number of nitrogens with zero attached hydrogens (tertiary/aromatic N) is 4. The van der Waals surface area contributed by atoms with Crippen molar-refractivity contribution < 1.29 is 14.3 Å². The zero-order valence-corrected chi connectivity index (χ0v) is 24.3. The molecule has 0 spiro atoms. The van der Waals surface area contributed by atoms with Gasteiger partial charge >= 0.3 is 0 Å². The number of carbonyl (C=O) groups excluding carboxylic acids is 1. The smallest absolute Gasteiger partial charge is 0.254 e. The summed E-state index contributed by atoms with van der Waals surface area (Å²) in [6.45, 7) is 7.43. The molecule has 2 aromatic rings. The van der Waals surface area contributed by atoms with E-state index in [-0.39, 0.29) is 5.91 Å². The number of ether oxygens (including phenoxy) is 2. The lowest BCUT2D eigenvalue weighted by molar-refractivity contribution is 0.0751. The number of amides is 1. The minimum atomic E-state index is 0.0146. The Bertz CT molecular complexity index is 1240. The summed E-state index contributed by atoms with van der Waals surface area (Å²) >= 11 is 0. The normalized spacial score (nSPS) is 18.7. The van der Waals surface area contributed by atoms with Gasteiger partial charge in [-0.05, 0) is 82.6 Å². The minimum Gasteiger partial charge on any atom is -0.497 e. The molecule has 2 aliphatic rings. The van der Waals surface area contributed by atoms with Gasteiger partial charge in [0, 0.05) is 62.3 Å². The number of hydrogen-bond acceptors (Lipinski definition) is 5. The van der Waals surface area contributed by atoms with E-state index < -0.39 is 0 Å². The molecule has 7 nitrogen and oxygen atoms in total. The van der Waals surface area contributed by atoms with Crippen molar-refractivity contribution in [3.05, 3.63) is 66.0 Å². The quantitative estimate of drug-likeness (QED) is 0.282. The first-order valence-corrected chi connectivity index (χ1v) is 14.8. The van der Waals surface area contributed by atoms with Crippen molar-refractivity contribution in [3.63, 3.8) is 0 Å². The van der Waals surface area contributed by atoms with Gasteiger partial charge in [0.15, 0.2) is 0 Å². The largest absolute Gasteiger partial charge is 0.497 e. The molecular formula is C33H44N4O3. The summed E-state index contributed by atoms with van der Waals surface area (Å²) in [5, 5.41) is 0. The molecule has 0 saturated heterocycles. The van der Waals surface area contributed by atoms with Gasteiger partial charge in [0.2, 0.25) is 0 Å². The summed E-state index contributed by atoms with van der Waals surface area (Å²) in [7, 11) is 1.61. The minimum absolute atomic E-state index is 0.0146. The van der Waals surface area contributed by atoms with E-state index >= 15 is 0 Å². The van der Waals surface area contributed by atoms with Crippen molar-refractivity contribution >= 4 is 23.5 Å². The molecule has 0 saturated carbocycles. The number of aryl methyl sites for hydroxylation is 1. The van der Waals surface area contributed by atoms with E-state index in [1.165, 1.54) is 11.4 Å². The van der Waals surface area contributed by atoms with Crippen LogP contribution in [0.1, 0.15) is 68.4 Å². The van der Waals surface area contributed by atoms with Crippen LogP contribution < -0.4 is 9.47 Å². The number of allylic oxidation sites excluding steroid dienone is 4. The van der Waals surface area contributed by atoms with Gasteiger partial charge in [-0.25, -0.2) is 0 Å². The summed E-state index contributed by atoms with van der Waals surface area (Å²) in [6, 6.07) is 9.80. The number of benzene rings is 1. The number of methoxy groups -OCH3 is 1. The highest BCUT2D eigenvalue weighted by Crippen LogP contribution is 2.29. The van der Waals surface area contributed by atoms with E-state index in [0.717, 1.165) is 57.2 Å². The van der Waals surface area contributed by atoms with Crippen LogP contribution in [0.4, 0.5) is 0 Å². The Morgan fingerprint density at radius 1 is 1.15 bits per heavy atom. The van der Waals surface area contributed by atoms with Crippen molar-refractivity contribution in [1.29, 1.82) is 0 Å². The lowest BCUT2D eigenvalue weighted by Gasteiger charge is -2.24. The highest BCUT2D eigenvalue weighted by molar-refractivity contribution is 6.19. The molecule has 1 amide bonds. The summed E-state index contributed by atoms with van der Waals surface area (Å²) in [5.41, 5.74) is 4.29. The van der Waals surface area contributed by atoms with Gasteiger partial charge in [0.1, 0.15) is 11.5 Å². The molecule has 1 aromatic carbocycles. The Hall–Kier alpha value is -3.61. The average molecular weight is 545 g/mol. The van der Waals surface area contributed by atoms with Gasteiger partial charge < -0.3 is 18.9 Å². The molecular weight excluding hydrogens is 500 g/mol. The summed E-state index contributed by atoms with van der Waals surface area (Å²) < 4.78 is 13.5. The van der Waals surface area contributed by atoms with E-state index in [0.29, 0.717) is 49.2 Å². The molecule has 7 heteroatoms. The van der Waals surface area contributed by atoms with Crippen LogP contribution in [0.25, 0.3) is 5.70 Å². The summed E-state index contributed by atoms with van der Waals surface area (Å²) in [4.78, 5) is 25.1. The molecule has 0 N–H and O–H groups in total. The van der Waals surface area contributed by atoms with Gasteiger partial charge in [0.05, 0.1) is 25.1 Å². The number of rotatable bonds is 8. The van der Waals surface area contributed by atoms with E-state index in [4.69, 9.17) is 14.5 Å². The van der Waals surface area contributed by atoms with E-state index in [2.05, 4.69) is 53.0 Å². The van der Waals surface area contributed by atoms with E-state index in [9.17, 15) is 4.79 Å². The highest BCUT2D eigenvalue weighted by Gasteiger charge is 2.22. The zero-order valence-electron chi connectivity index (χ0n) is 24.3. The third-order valence-electron chi connectivity index (χ3n) is 7.38. The fourth-order valence-electron chi connectivity index (χ4n) is 5.38. The molecule has 4 rings (SSSR count). The molecule has 0 fully saturated rings. The molecule has 1 aromatic heterocycles. The molecule has 1 unspecified atom stereocenters. The Labute approximate surface area is 239 Å². The maximum Gasteiger partial charge on any atom is 0.254 e. The van der Waals surface area contributed by atoms with Gasteiger partial charge in [-0.15, -0.1) is 0 Å². The molecule has 1 aliphatic carbocycles. The van der Waals surface area contributed by atoms with Crippen molar-refractivity contribution in [2.75, 3.05) is 39.9 Å². The Kier molecular flexibility index (Phi) is 11.2. The third-order valence-corrected chi connectivity index (χ3v) is 7.38. The van der Waals surface area contributed by atoms with Crippen LogP contribution in [-0.2, 0) is 6.42 Å². The van der Waals surface area contributed by atoms with Crippen LogP contribution in [-0.4, -0.2) is 67.2 Å². The third kappa shape index (κ3) is 7.96. The van der Waals surface area contributed by atoms with Crippen LogP contribution in [0.2, 0.25) is 0 Å². The first kappa shape index (κ1) is 29.4. The second kappa shape index (κ2) is 15.2. The van der Waals surface area contributed by atoms with Gasteiger partial charge in [0.25, 0.3) is 5.91 Å². The van der Waals surface area contributed by atoms with Crippen LogP contribution in [0.15, 0.2) is 64.7 Å². The van der Waals surface area contributed by atoms with E-state index in [1.807, 2.05) is 30.2 Å². The van der Waals surface area contributed by atoms with Crippen molar-refractivity contribution in [2.24, 2.45) is 15.9 Å². The van der Waals surface area contributed by atoms with Gasteiger partial charge in [-0.2, -0.15) is 0 Å². The lowest BCUT2D eigenvalue weighted by atomic mass is 9.90. The zero-order chi connectivity index (χ0) is 28.2. The van der Waals surface area contributed by atoms with Crippen LogP contribution >= 0.6 is 0 Å². The van der Waals surface area contributed by atoms with Gasteiger partial charge in [-0.1, -0.05) is 18.2 Å². The molecule has 1 aliphatic heterocycles. The van der Waals surface area contributed by atoms with Crippen LogP contribution in [0.5, 0.6) is 11.5 Å². The molecule has 2 heterocycles. The van der Waals surface area contributed by atoms with E-state index in [1.54, 1.807) is 13.2 Å². The van der Waals surface area contributed by atoms with Crippen molar-refractivity contribution in [1.82, 2.24) is 9.47 Å². The maximum atomic E-state index is 13.7. The van der Waals surface area contributed by atoms with Crippen molar-refractivity contribution in [2.45, 2.75) is 58.8 Å². The lowest BCUT2D eigenvalue weighted by Crippen LogP contribution is -2.33. The predicted octanol–water partition coefficient (Wildman–Crippen LogP) is 6.49. The monoisotopic (exact) mass is 544 g/mol. The first-order chi connectivity index (χ1) is 19.6. The number of aliphatic imine (C=N–C) groups is 2. The number of carbonyl (C=O) groups is 1. The van der Waals surface area contributed by atoms with Gasteiger partial charge in [-0.3, -0.25) is 14.8 Å². The molecule has 40 heavy (non-hydrogen) atoms. The average Bonchev–Trinajstić information content (AvgIpc) is 3.44. The van der Waals surface area contributed by atoms with Crippen LogP contribution in [0.3, 0.4) is 0 Å². The highest BCUT2D eigenvalue weighted by atomic mass is 16.5. The number of aromatic nitrogens is 1.